The number of aliphatic hydroxyl groups is 1. The topological polar surface area (TPSA) is 71.9 Å². The van der Waals surface area contributed by atoms with Crippen molar-refractivity contribution in [2.24, 2.45) is 0 Å². The summed E-state index contributed by atoms with van der Waals surface area (Å²) >= 11 is 0. The van der Waals surface area contributed by atoms with Crippen LogP contribution in [0.4, 0.5) is 0 Å². The number of rotatable bonds is 9. The number of ketones is 1. The van der Waals surface area contributed by atoms with Crippen molar-refractivity contribution in [2.75, 3.05) is 0 Å². The average Bonchev–Trinajstić information content (AvgIpc) is 4.08. The van der Waals surface area contributed by atoms with E-state index in [4.69, 9.17) is 10.2 Å². The Labute approximate surface area is 381 Å². The lowest BCUT2D eigenvalue weighted by molar-refractivity contribution is -0.114. The lowest BCUT2D eigenvalue weighted by Gasteiger charge is -2.18. The molecule has 0 aliphatic heterocycles. The summed E-state index contributed by atoms with van der Waals surface area (Å²) in [7, 11) is 0. The Morgan fingerprint density at radius 2 is 0.833 bits per heavy atom. The lowest BCUT2D eigenvalue weighted by atomic mass is 9.86. The van der Waals surface area contributed by atoms with Gasteiger partial charge in [-0.25, -0.2) is 9.03 Å². The zero-order chi connectivity index (χ0) is 44.3. The fraction of sp³-hybridized carbons (Fsp3) is 0.0500. The van der Waals surface area contributed by atoms with Crippen molar-refractivity contribution < 1.29 is 9.90 Å². The standard InChI is InChI=1S/C60H42N4O2/c1-38(65)32-45(66)25-22-39-12-2-3-13-46(39)42-33-43(49-16-6-4-14-47(49)40-23-26-57-55(36-40)51-18-8-10-20-53(51)59-28-30-61-63(57)59)35-44(34-42)50-17-7-5-15-48(50)41-24-27-58-56(37-41)52-19-9-11-21-54(52)60-29-31-62-64(58)60/h2-21,23-24,26-37,65H,22,25H2,1H3/b38-32-. The van der Waals surface area contributed by atoms with Gasteiger partial charge in [-0.3, -0.25) is 4.79 Å². The van der Waals surface area contributed by atoms with Crippen molar-refractivity contribution in [3.63, 3.8) is 0 Å². The van der Waals surface area contributed by atoms with Crippen LogP contribution in [0.1, 0.15) is 18.9 Å². The number of fused-ring (bicyclic) bond motifs is 12. The van der Waals surface area contributed by atoms with Crippen LogP contribution in [0, 0.1) is 0 Å². The summed E-state index contributed by atoms with van der Waals surface area (Å²) in [6.45, 7) is 1.53. The number of nitrogens with zero attached hydrogens (tertiary/aromatic N) is 4. The first-order valence-electron chi connectivity index (χ1n) is 22.4. The Morgan fingerprint density at radius 3 is 1.32 bits per heavy atom. The zero-order valence-corrected chi connectivity index (χ0v) is 36.2. The molecule has 66 heavy (non-hydrogen) atoms. The van der Waals surface area contributed by atoms with Crippen LogP contribution >= 0.6 is 0 Å². The zero-order valence-electron chi connectivity index (χ0n) is 36.2. The molecule has 12 aromatic rings. The van der Waals surface area contributed by atoms with E-state index in [1.807, 2.05) is 27.5 Å². The van der Waals surface area contributed by atoms with Crippen molar-refractivity contribution in [3.05, 3.63) is 218 Å². The van der Waals surface area contributed by atoms with Gasteiger partial charge in [0.25, 0.3) is 0 Å². The van der Waals surface area contributed by atoms with Gasteiger partial charge < -0.3 is 5.11 Å². The van der Waals surface area contributed by atoms with Gasteiger partial charge in [-0.15, -0.1) is 0 Å². The van der Waals surface area contributed by atoms with Gasteiger partial charge >= 0.3 is 0 Å². The summed E-state index contributed by atoms with van der Waals surface area (Å²) in [5.74, 6) is -0.0819. The number of benzene rings is 8. The summed E-state index contributed by atoms with van der Waals surface area (Å²) in [5.41, 5.74) is 16.3. The molecule has 0 amide bonds. The first-order valence-corrected chi connectivity index (χ1v) is 22.4. The normalized spacial score (nSPS) is 12.0. The molecule has 0 unspecified atom stereocenters. The monoisotopic (exact) mass is 850 g/mol. The van der Waals surface area contributed by atoms with E-state index in [1.54, 1.807) is 0 Å². The minimum atomic E-state index is -0.102. The molecule has 4 heterocycles. The third kappa shape index (κ3) is 6.61. The van der Waals surface area contributed by atoms with E-state index in [0.717, 1.165) is 94.0 Å². The van der Waals surface area contributed by atoms with Gasteiger partial charge in [0.05, 0.1) is 40.2 Å². The number of hydrogen-bond acceptors (Lipinski definition) is 4. The molecule has 0 aliphatic rings. The molecule has 0 saturated carbocycles. The predicted molar refractivity (Wildman–Crippen MR) is 271 cm³/mol. The molecule has 0 bridgehead atoms. The molecule has 0 aliphatic carbocycles. The summed E-state index contributed by atoms with van der Waals surface area (Å²) in [5, 5.41) is 26.3. The van der Waals surface area contributed by atoms with Gasteiger partial charge in [-0.05, 0) is 140 Å². The minimum absolute atomic E-state index is 0.0199. The fourth-order valence-corrected chi connectivity index (χ4v) is 10.1. The van der Waals surface area contributed by atoms with Crippen molar-refractivity contribution in [1.29, 1.82) is 0 Å². The molecule has 0 atom stereocenters. The maximum atomic E-state index is 12.9. The molecular weight excluding hydrogens is 809 g/mol. The van der Waals surface area contributed by atoms with Crippen LogP contribution < -0.4 is 0 Å². The van der Waals surface area contributed by atoms with Crippen LogP contribution in [0.25, 0.3) is 110 Å². The maximum absolute atomic E-state index is 12.9. The molecule has 4 aromatic heterocycles. The SMILES string of the molecule is C/C(O)=C/C(=O)CCc1ccccc1-c1cc(-c2ccccc2-c2ccc3c(c2)c2ccccc2c2ccnn23)cc(-c2ccccc2-c2ccc3c(c2)c2ccccc2c2ccnn23)c1. The molecular formula is C60H42N4O2. The number of aromatic nitrogens is 4. The van der Waals surface area contributed by atoms with Crippen molar-refractivity contribution in [3.8, 4) is 55.6 Å². The van der Waals surface area contributed by atoms with Crippen LogP contribution in [-0.2, 0) is 11.2 Å². The maximum Gasteiger partial charge on any atom is 0.159 e. The minimum Gasteiger partial charge on any atom is -0.512 e. The highest BCUT2D eigenvalue weighted by molar-refractivity contribution is 6.14. The number of pyridine rings is 2. The summed E-state index contributed by atoms with van der Waals surface area (Å²) in [6.07, 6.45) is 5.88. The molecule has 0 radical (unpaired) electrons. The molecule has 314 valence electrons. The van der Waals surface area contributed by atoms with Gasteiger partial charge in [0.2, 0.25) is 0 Å². The largest absolute Gasteiger partial charge is 0.512 e. The van der Waals surface area contributed by atoms with E-state index in [2.05, 4.69) is 182 Å². The second-order valence-electron chi connectivity index (χ2n) is 17.1. The number of aryl methyl sites for hydroxylation is 1. The second kappa shape index (κ2) is 15.9. The highest BCUT2D eigenvalue weighted by Crippen LogP contribution is 2.43. The number of hydrogen-bond donors (Lipinski definition) is 1. The fourth-order valence-electron chi connectivity index (χ4n) is 10.1. The second-order valence-corrected chi connectivity index (χ2v) is 17.1. The van der Waals surface area contributed by atoms with Crippen molar-refractivity contribution >= 4 is 60.2 Å². The van der Waals surface area contributed by atoms with E-state index in [-0.39, 0.29) is 18.0 Å². The highest BCUT2D eigenvalue weighted by Gasteiger charge is 2.18. The summed E-state index contributed by atoms with van der Waals surface area (Å²) in [6, 6.07) is 67.4. The smallest absolute Gasteiger partial charge is 0.159 e. The Morgan fingerprint density at radius 1 is 0.439 bits per heavy atom. The van der Waals surface area contributed by atoms with Gasteiger partial charge in [0.15, 0.2) is 5.78 Å². The third-order valence-electron chi connectivity index (χ3n) is 13.1. The van der Waals surface area contributed by atoms with Gasteiger partial charge in [0.1, 0.15) is 0 Å². The molecule has 8 aromatic carbocycles. The highest BCUT2D eigenvalue weighted by atomic mass is 16.3. The first kappa shape index (κ1) is 39.0. The van der Waals surface area contributed by atoms with Crippen molar-refractivity contribution in [1.82, 2.24) is 19.2 Å². The van der Waals surface area contributed by atoms with Crippen LogP contribution in [0.2, 0.25) is 0 Å². The number of carbonyl (C=O) groups excluding carboxylic acids is 1. The van der Waals surface area contributed by atoms with Crippen molar-refractivity contribution in [2.45, 2.75) is 19.8 Å². The molecule has 6 nitrogen and oxygen atoms in total. The van der Waals surface area contributed by atoms with Gasteiger partial charge in [0, 0.05) is 34.0 Å². The Kier molecular flexibility index (Phi) is 9.39. The van der Waals surface area contributed by atoms with Crippen LogP contribution in [-0.4, -0.2) is 30.1 Å². The quantitative estimate of drug-likeness (QED) is 0.0892. The molecule has 0 spiro atoms. The predicted octanol–water partition coefficient (Wildman–Crippen LogP) is 14.9. The Hall–Kier alpha value is -8.61. The molecule has 12 rings (SSSR count). The molecule has 0 saturated heterocycles. The van der Waals surface area contributed by atoms with Crippen LogP contribution in [0.15, 0.2) is 212 Å². The summed E-state index contributed by atoms with van der Waals surface area (Å²) < 4.78 is 4.09. The van der Waals surface area contributed by atoms with E-state index in [1.165, 1.54) is 34.5 Å². The van der Waals surface area contributed by atoms with E-state index in [0.29, 0.717) is 6.42 Å². The van der Waals surface area contributed by atoms with Crippen LogP contribution in [0.3, 0.4) is 0 Å². The lowest BCUT2D eigenvalue weighted by Crippen LogP contribution is -1.99. The van der Waals surface area contributed by atoms with E-state index in [9.17, 15) is 9.90 Å². The summed E-state index contributed by atoms with van der Waals surface area (Å²) in [4.78, 5) is 12.9. The van der Waals surface area contributed by atoms with E-state index < -0.39 is 0 Å². The number of allylic oxidation sites excluding steroid dienone is 2. The van der Waals surface area contributed by atoms with Crippen LogP contribution in [0.5, 0.6) is 0 Å². The number of carbonyl (C=O) groups is 1. The van der Waals surface area contributed by atoms with E-state index >= 15 is 0 Å². The first-order chi connectivity index (χ1) is 32.5. The molecule has 1 N–H and O–H groups in total. The average molecular weight is 851 g/mol. The Bertz CT molecular complexity index is 3730. The Balaban J connectivity index is 1.06. The van der Waals surface area contributed by atoms with Gasteiger partial charge in [-0.1, -0.05) is 133 Å². The number of aliphatic hydroxyl groups excluding tert-OH is 1. The molecule has 0 fully saturated rings. The third-order valence-corrected chi connectivity index (χ3v) is 13.1. The van der Waals surface area contributed by atoms with Gasteiger partial charge in [-0.2, -0.15) is 10.2 Å². The molecule has 6 heteroatoms.